The maximum atomic E-state index is 10.7. The van der Waals surface area contributed by atoms with Gasteiger partial charge in [0.05, 0.1) is 20.6 Å². The Morgan fingerprint density at radius 2 is 1.14 bits per heavy atom. The van der Waals surface area contributed by atoms with Gasteiger partial charge in [-0.3, -0.25) is 4.48 Å². The number of carbonyl (C=O) groups excluding carboxylic acids is 1. The Morgan fingerprint density at radius 1 is 0.791 bits per heavy atom. The molecule has 4 heteroatoms. The van der Waals surface area contributed by atoms with Crippen LogP contribution in [0.4, 0.5) is 0 Å². The van der Waals surface area contributed by atoms with Gasteiger partial charge in [0.25, 0.3) is 0 Å². The highest BCUT2D eigenvalue weighted by Crippen LogP contribution is 2.16. The lowest BCUT2D eigenvalue weighted by Gasteiger charge is -2.26. The van der Waals surface area contributed by atoms with Crippen molar-refractivity contribution in [3.8, 4) is 0 Å². The third-order valence-corrected chi connectivity index (χ3v) is 4.92. The van der Waals surface area contributed by atoms with E-state index in [1.165, 1.54) is 54.4 Å². The lowest BCUT2D eigenvalue weighted by Crippen LogP contribution is -2.42. The molecule has 43 heavy (non-hydrogen) atoms. The summed E-state index contributed by atoms with van der Waals surface area (Å²) < 4.78 is 0.505. The standard InChI is InChI=1S/C11H24NO.C8H14.C6H13NO.C5H10.C3H8.2C2H6.C2H4/c1-5-7-11(8-6-2)9-12(3,4)10-13;1-5-8(4)6-7(2)3;1-5(2)6(3)8-7-4;1-4-5(2)3;1-3-2;3*1-2/h10-11H,5-9H2,1-4H3;6H,4-5H2,1-3H3;7H,1-4H3;2,4H2,1,3H3;3H2,1-2H3;2*1-2H3;1-2H2/q+1;;;;;;;. The van der Waals surface area contributed by atoms with Gasteiger partial charge < -0.3 is 4.84 Å². The summed E-state index contributed by atoms with van der Waals surface area (Å²) in [5, 5.41) is 0. The second kappa shape index (κ2) is 52.7. The van der Waals surface area contributed by atoms with E-state index < -0.39 is 0 Å². The number of quaternary nitrogens is 1. The molecule has 0 radical (unpaired) electrons. The zero-order valence-electron chi connectivity index (χ0n) is 33.5. The number of allylic oxidation sites excluding steroid dienone is 6. The smallest absolute Gasteiger partial charge is 0.301 e. The molecule has 4 nitrogen and oxygen atoms in total. The van der Waals surface area contributed by atoms with Crippen molar-refractivity contribution in [2.24, 2.45) is 5.92 Å². The molecule has 0 aliphatic carbocycles. The first kappa shape index (κ1) is 60.3. The second-order valence-corrected chi connectivity index (χ2v) is 10.6. The van der Waals surface area contributed by atoms with Crippen molar-refractivity contribution in [2.75, 3.05) is 27.7 Å². The summed E-state index contributed by atoms with van der Waals surface area (Å²) in [4.78, 5) is 15.7. The van der Waals surface area contributed by atoms with Gasteiger partial charge in [-0.2, -0.15) is 5.48 Å². The van der Waals surface area contributed by atoms with Crippen molar-refractivity contribution >= 4 is 6.41 Å². The van der Waals surface area contributed by atoms with Crippen molar-refractivity contribution in [3.05, 3.63) is 60.4 Å². The maximum Gasteiger partial charge on any atom is 0.301 e. The molecule has 1 N–H and O–H groups in total. The molecule has 0 unspecified atom stereocenters. The van der Waals surface area contributed by atoms with Crippen molar-refractivity contribution in [2.45, 2.75) is 156 Å². The first-order valence-electron chi connectivity index (χ1n) is 16.8. The number of amides is 1. The normalized spacial score (nSPS) is 8.47. The van der Waals surface area contributed by atoms with Crippen LogP contribution in [0.5, 0.6) is 0 Å². The van der Waals surface area contributed by atoms with Crippen molar-refractivity contribution < 1.29 is 14.1 Å². The summed E-state index contributed by atoms with van der Waals surface area (Å²) in [7, 11) is 5.70. The SMILES string of the molecule is C=C.C=C(C)CC.C=C(C=C(C)C)CC.CC.CC.CCC.CCCC(CCC)C[N+](C)(C)C=O.CNOC(C)=C(C)C. The summed E-state index contributed by atoms with van der Waals surface area (Å²) in [5.41, 5.74) is 7.58. The molecule has 0 bridgehead atoms. The molecule has 0 aromatic carbocycles. The topological polar surface area (TPSA) is 38.3 Å². The number of hydrogen-bond donors (Lipinski definition) is 1. The Morgan fingerprint density at radius 3 is 1.28 bits per heavy atom. The molecule has 0 saturated heterocycles. The van der Waals surface area contributed by atoms with E-state index in [9.17, 15) is 4.79 Å². The summed E-state index contributed by atoms with van der Waals surface area (Å²) in [6.07, 6.45) is 11.5. The average molecular weight is 614 g/mol. The second-order valence-electron chi connectivity index (χ2n) is 10.6. The summed E-state index contributed by atoms with van der Waals surface area (Å²) >= 11 is 0. The van der Waals surface area contributed by atoms with Gasteiger partial charge in [0.1, 0.15) is 5.76 Å². The molecule has 0 rings (SSSR count). The molecule has 0 aliphatic heterocycles. The molecule has 0 saturated carbocycles. The monoisotopic (exact) mass is 614 g/mol. The molecule has 262 valence electrons. The number of hydroxylamine groups is 1. The average Bonchev–Trinajstić information content (AvgIpc) is 2.97. The van der Waals surface area contributed by atoms with Gasteiger partial charge in [-0.15, -0.1) is 19.7 Å². The first-order chi connectivity index (χ1) is 20.1. The molecule has 0 aliphatic rings. The minimum absolute atomic E-state index is 0.505. The lowest BCUT2D eigenvalue weighted by atomic mass is 9.97. The zero-order chi connectivity index (χ0) is 36.4. The fourth-order valence-corrected chi connectivity index (χ4v) is 2.62. The van der Waals surface area contributed by atoms with E-state index in [0.717, 1.165) is 37.5 Å². The fraction of sp³-hybridized carbons (Fsp3) is 0.718. The van der Waals surface area contributed by atoms with Gasteiger partial charge in [-0.1, -0.05) is 118 Å². The van der Waals surface area contributed by atoms with Crippen LogP contribution >= 0.6 is 0 Å². The molecule has 1 amide bonds. The zero-order valence-corrected chi connectivity index (χ0v) is 33.5. The fourth-order valence-electron chi connectivity index (χ4n) is 2.62. The summed E-state index contributed by atoms with van der Waals surface area (Å²) in [6.45, 7) is 47.5. The largest absolute Gasteiger partial charge is 0.414 e. The minimum atomic E-state index is 0.505. The van der Waals surface area contributed by atoms with Crippen LogP contribution in [-0.2, 0) is 9.63 Å². The molecular formula is C39H85N2O2+. The van der Waals surface area contributed by atoms with Crippen LogP contribution in [0.25, 0.3) is 0 Å². The van der Waals surface area contributed by atoms with Crippen molar-refractivity contribution in [3.63, 3.8) is 0 Å². The highest BCUT2D eigenvalue weighted by Gasteiger charge is 2.20. The van der Waals surface area contributed by atoms with E-state index in [1.807, 2.05) is 69.5 Å². The van der Waals surface area contributed by atoms with E-state index in [-0.39, 0.29) is 0 Å². The van der Waals surface area contributed by atoms with E-state index in [1.54, 1.807) is 7.05 Å². The number of rotatable bonds is 12. The van der Waals surface area contributed by atoms with Crippen LogP contribution < -0.4 is 5.48 Å². The number of nitrogens with one attached hydrogen (secondary N) is 1. The summed E-state index contributed by atoms with van der Waals surface area (Å²) in [5.74, 6) is 1.66. The maximum absolute atomic E-state index is 10.7. The van der Waals surface area contributed by atoms with Gasteiger partial charge in [-0.05, 0) is 72.8 Å². The van der Waals surface area contributed by atoms with E-state index >= 15 is 0 Å². The third kappa shape index (κ3) is 79.3. The molecule has 0 fully saturated rings. The van der Waals surface area contributed by atoms with Crippen molar-refractivity contribution in [1.29, 1.82) is 0 Å². The highest BCUT2D eigenvalue weighted by molar-refractivity contribution is 5.36. The van der Waals surface area contributed by atoms with Gasteiger partial charge in [0.2, 0.25) is 0 Å². The van der Waals surface area contributed by atoms with Crippen molar-refractivity contribution in [1.82, 2.24) is 5.48 Å². The number of nitrogens with zero attached hydrogens (tertiary/aromatic N) is 1. The molecular weight excluding hydrogens is 528 g/mol. The minimum Gasteiger partial charge on any atom is -0.414 e. The molecule has 0 spiro atoms. The van der Waals surface area contributed by atoms with Crippen LogP contribution in [0.3, 0.4) is 0 Å². The van der Waals surface area contributed by atoms with Gasteiger partial charge in [-0.25, -0.2) is 4.79 Å². The predicted octanol–water partition coefficient (Wildman–Crippen LogP) is 13.0. The van der Waals surface area contributed by atoms with Gasteiger partial charge in [0, 0.05) is 13.0 Å². The van der Waals surface area contributed by atoms with Crippen LogP contribution in [0.15, 0.2) is 60.4 Å². The van der Waals surface area contributed by atoms with Crippen LogP contribution in [0.1, 0.15) is 156 Å². The molecule has 0 aromatic heterocycles. The van der Waals surface area contributed by atoms with Crippen LogP contribution in [0, 0.1) is 5.92 Å². The lowest BCUT2D eigenvalue weighted by molar-refractivity contribution is -0.808. The van der Waals surface area contributed by atoms with Gasteiger partial charge >= 0.3 is 6.41 Å². The Balaban J connectivity index is -0.0000000600. The van der Waals surface area contributed by atoms with Crippen LogP contribution in [0.2, 0.25) is 0 Å². The number of hydrogen-bond acceptors (Lipinski definition) is 3. The van der Waals surface area contributed by atoms with Crippen LogP contribution in [-0.4, -0.2) is 38.6 Å². The van der Waals surface area contributed by atoms with E-state index in [4.69, 9.17) is 4.84 Å². The Labute approximate surface area is 275 Å². The molecule has 0 heterocycles. The Hall–Kier alpha value is -1.91. The third-order valence-electron chi connectivity index (χ3n) is 4.92. The Bertz CT molecular complexity index is 603. The van der Waals surface area contributed by atoms with E-state index in [0.29, 0.717) is 4.48 Å². The van der Waals surface area contributed by atoms with E-state index in [2.05, 4.69) is 93.3 Å². The van der Waals surface area contributed by atoms with Gasteiger partial charge in [0.15, 0.2) is 0 Å². The quantitative estimate of drug-likeness (QED) is 0.0594. The predicted molar refractivity (Wildman–Crippen MR) is 204 cm³/mol. The number of carbonyl (C=O) groups is 1. The Kier molecular flexibility index (Phi) is 73.9. The molecule has 0 atom stereocenters. The molecule has 0 aromatic rings. The highest BCUT2D eigenvalue weighted by atomic mass is 16.6. The first-order valence-corrected chi connectivity index (χ1v) is 16.8. The summed E-state index contributed by atoms with van der Waals surface area (Å²) in [6, 6.07) is 0.